The summed E-state index contributed by atoms with van der Waals surface area (Å²) < 4.78 is 12.5. The van der Waals surface area contributed by atoms with E-state index in [1.807, 2.05) is 29.6 Å². The molecule has 0 spiro atoms. The lowest BCUT2D eigenvalue weighted by Gasteiger charge is -2.27. The third-order valence-corrected chi connectivity index (χ3v) is 7.31. The first kappa shape index (κ1) is 19.4. The van der Waals surface area contributed by atoms with E-state index in [-0.39, 0.29) is 29.7 Å². The van der Waals surface area contributed by atoms with E-state index in [4.69, 9.17) is 20.2 Å². The lowest BCUT2D eigenvalue weighted by Crippen LogP contribution is -2.41. The number of thiophene rings is 1. The maximum absolute atomic E-state index is 12.1. The van der Waals surface area contributed by atoms with Crippen molar-refractivity contribution < 1.29 is 14.3 Å². The lowest BCUT2D eigenvalue weighted by atomic mass is 9.88. The van der Waals surface area contributed by atoms with Gasteiger partial charge in [0.05, 0.1) is 29.3 Å². The number of nitrogens with zero attached hydrogens (tertiary/aromatic N) is 2. The van der Waals surface area contributed by atoms with Crippen LogP contribution >= 0.6 is 11.3 Å². The number of fused-ring (bicyclic) bond motifs is 4. The summed E-state index contributed by atoms with van der Waals surface area (Å²) in [6, 6.07) is 7.63. The highest BCUT2D eigenvalue weighted by atomic mass is 32.1. The lowest BCUT2D eigenvalue weighted by molar-refractivity contribution is -0.122. The molecule has 4 N–H and O–H groups in total. The first-order chi connectivity index (χ1) is 15.7. The average molecular weight is 450 g/mol. The quantitative estimate of drug-likeness (QED) is 0.510. The number of aromatic nitrogens is 2. The second-order valence-electron chi connectivity index (χ2n) is 8.41. The van der Waals surface area contributed by atoms with Gasteiger partial charge in [-0.15, -0.1) is 11.3 Å². The van der Waals surface area contributed by atoms with Crippen LogP contribution < -0.4 is 25.8 Å². The van der Waals surface area contributed by atoms with Crippen molar-refractivity contribution in [1.29, 1.82) is 0 Å². The topological polar surface area (TPSA) is 111 Å². The summed E-state index contributed by atoms with van der Waals surface area (Å²) in [5, 5.41) is 8.82. The van der Waals surface area contributed by atoms with Crippen molar-refractivity contribution in [2.75, 3.05) is 23.8 Å². The molecule has 6 rings (SSSR count). The van der Waals surface area contributed by atoms with Gasteiger partial charge in [0.1, 0.15) is 5.82 Å². The summed E-state index contributed by atoms with van der Waals surface area (Å²) in [5.74, 6) is 2.64. The monoisotopic (exact) mass is 449 g/mol. The molecule has 1 aliphatic heterocycles. The molecule has 3 heterocycles. The summed E-state index contributed by atoms with van der Waals surface area (Å²) >= 11 is 1.58. The minimum absolute atomic E-state index is 0.0615. The molecule has 1 saturated carbocycles. The normalized spacial score (nSPS) is 25.6. The number of hydrogen-bond donors (Lipinski definition) is 3. The molecule has 3 aromatic rings. The number of nitrogens with one attached hydrogen (secondary N) is 2. The number of carbonyl (C=O) groups excluding carboxylic acids is 1. The zero-order valence-electron chi connectivity index (χ0n) is 17.3. The smallest absolute Gasteiger partial charge is 0.229 e. The van der Waals surface area contributed by atoms with Gasteiger partial charge in [0, 0.05) is 24.2 Å². The van der Waals surface area contributed by atoms with E-state index in [1.165, 1.54) is 0 Å². The van der Waals surface area contributed by atoms with Crippen LogP contribution in [0.2, 0.25) is 0 Å². The van der Waals surface area contributed by atoms with E-state index in [0.29, 0.717) is 24.9 Å². The Morgan fingerprint density at radius 3 is 2.81 bits per heavy atom. The summed E-state index contributed by atoms with van der Waals surface area (Å²) in [4.78, 5) is 21.6. The Morgan fingerprint density at radius 1 is 1.09 bits per heavy atom. The Balaban J connectivity index is 1.31. The number of amides is 1. The van der Waals surface area contributed by atoms with Crippen molar-refractivity contribution in [1.82, 2.24) is 9.97 Å². The second-order valence-corrected chi connectivity index (χ2v) is 9.33. The average Bonchev–Trinajstić information content (AvgIpc) is 3.47. The molecule has 164 valence electrons. The van der Waals surface area contributed by atoms with E-state index in [2.05, 4.69) is 27.8 Å². The molecule has 4 unspecified atom stereocenters. The van der Waals surface area contributed by atoms with Crippen molar-refractivity contribution >= 4 is 44.9 Å². The number of ether oxygens (including phenoxy) is 2. The SMILES string of the molecule is NC(=O)C1C2C=CC(C2)C1Nc1nc(Nc2ccc3c(c2)OCCCO3)nc2ccsc12. The minimum atomic E-state index is -0.263. The van der Waals surface area contributed by atoms with Crippen molar-refractivity contribution in [2.45, 2.75) is 18.9 Å². The van der Waals surface area contributed by atoms with E-state index in [9.17, 15) is 4.79 Å². The largest absolute Gasteiger partial charge is 0.490 e. The number of carbonyl (C=O) groups is 1. The maximum Gasteiger partial charge on any atom is 0.229 e. The minimum Gasteiger partial charge on any atom is -0.490 e. The molecule has 3 aliphatic rings. The Kier molecular flexibility index (Phi) is 4.64. The van der Waals surface area contributed by atoms with Crippen LogP contribution in [0.15, 0.2) is 41.8 Å². The Bertz CT molecular complexity index is 1230. The molecule has 2 aromatic heterocycles. The van der Waals surface area contributed by atoms with Crippen molar-refractivity contribution in [3.63, 3.8) is 0 Å². The van der Waals surface area contributed by atoms with Gasteiger partial charge in [-0.1, -0.05) is 12.2 Å². The molecule has 2 aliphatic carbocycles. The number of anilines is 3. The predicted molar refractivity (Wildman–Crippen MR) is 124 cm³/mol. The van der Waals surface area contributed by atoms with Crippen LogP contribution in [0.4, 0.5) is 17.5 Å². The molecular weight excluding hydrogens is 426 g/mol. The van der Waals surface area contributed by atoms with Crippen LogP contribution in [0.3, 0.4) is 0 Å². The van der Waals surface area contributed by atoms with Gasteiger partial charge in [-0.25, -0.2) is 4.98 Å². The van der Waals surface area contributed by atoms with Crippen LogP contribution in [0.1, 0.15) is 12.8 Å². The van der Waals surface area contributed by atoms with E-state index >= 15 is 0 Å². The molecular formula is C23H23N5O3S. The fraction of sp³-hybridized carbons (Fsp3) is 0.348. The summed E-state index contributed by atoms with van der Waals surface area (Å²) in [7, 11) is 0. The summed E-state index contributed by atoms with van der Waals surface area (Å²) in [5.41, 5.74) is 7.40. The van der Waals surface area contributed by atoms with Gasteiger partial charge in [-0.2, -0.15) is 4.98 Å². The van der Waals surface area contributed by atoms with Gasteiger partial charge < -0.3 is 25.8 Å². The zero-order valence-corrected chi connectivity index (χ0v) is 18.1. The van der Waals surface area contributed by atoms with Gasteiger partial charge in [-0.05, 0) is 41.8 Å². The number of nitrogens with two attached hydrogens (primary N) is 1. The summed E-state index contributed by atoms with van der Waals surface area (Å²) in [6.45, 7) is 1.28. The first-order valence-electron chi connectivity index (χ1n) is 10.8. The van der Waals surface area contributed by atoms with E-state index < -0.39 is 0 Å². The summed E-state index contributed by atoms with van der Waals surface area (Å²) in [6.07, 6.45) is 6.11. The van der Waals surface area contributed by atoms with Gasteiger partial charge >= 0.3 is 0 Å². The van der Waals surface area contributed by atoms with E-state index in [1.54, 1.807) is 11.3 Å². The molecule has 2 bridgehead atoms. The predicted octanol–water partition coefficient (Wildman–Crippen LogP) is 3.68. The van der Waals surface area contributed by atoms with Gasteiger partial charge in [0.15, 0.2) is 11.5 Å². The van der Waals surface area contributed by atoms with Gasteiger partial charge in [0.2, 0.25) is 11.9 Å². The highest BCUT2D eigenvalue weighted by Gasteiger charge is 2.47. The third kappa shape index (κ3) is 3.33. The van der Waals surface area contributed by atoms with E-state index in [0.717, 1.165) is 40.3 Å². The van der Waals surface area contributed by atoms with Crippen LogP contribution in [0.5, 0.6) is 11.5 Å². The van der Waals surface area contributed by atoms with Crippen LogP contribution in [0.25, 0.3) is 10.2 Å². The van der Waals surface area contributed by atoms with Crippen LogP contribution in [-0.2, 0) is 4.79 Å². The molecule has 1 fully saturated rings. The molecule has 1 amide bonds. The highest BCUT2D eigenvalue weighted by Crippen LogP contribution is 2.45. The number of primary amides is 1. The van der Waals surface area contributed by atoms with Crippen LogP contribution in [-0.4, -0.2) is 35.1 Å². The Hall–Kier alpha value is -3.33. The Labute approximate surface area is 188 Å². The van der Waals surface area contributed by atoms with Crippen molar-refractivity contribution in [3.05, 3.63) is 41.8 Å². The second kappa shape index (κ2) is 7.67. The molecule has 1 aromatic carbocycles. The van der Waals surface area contributed by atoms with Crippen molar-refractivity contribution in [2.24, 2.45) is 23.5 Å². The maximum atomic E-state index is 12.1. The number of hydrogen-bond acceptors (Lipinski definition) is 8. The molecule has 32 heavy (non-hydrogen) atoms. The van der Waals surface area contributed by atoms with Gasteiger partial charge in [-0.3, -0.25) is 4.79 Å². The third-order valence-electron chi connectivity index (χ3n) is 6.40. The fourth-order valence-corrected chi connectivity index (χ4v) is 5.74. The molecule has 0 radical (unpaired) electrons. The molecule has 9 heteroatoms. The highest BCUT2D eigenvalue weighted by molar-refractivity contribution is 7.17. The first-order valence-corrected chi connectivity index (χ1v) is 11.7. The van der Waals surface area contributed by atoms with Crippen LogP contribution in [0, 0.1) is 17.8 Å². The number of benzene rings is 1. The molecule has 8 nitrogen and oxygen atoms in total. The molecule has 4 atom stereocenters. The number of allylic oxidation sites excluding steroid dienone is 1. The standard InChI is InChI=1S/C23H23N5O3S/c24-21(29)18-12-2-3-13(10-12)19(18)27-22-20-15(6-9-32-20)26-23(28-22)25-14-4-5-16-17(11-14)31-8-1-7-30-16/h2-6,9,11-13,18-19H,1,7-8,10H2,(H2,24,29)(H2,25,26,27,28). The van der Waals surface area contributed by atoms with Gasteiger partial charge in [0.25, 0.3) is 0 Å². The fourth-order valence-electron chi connectivity index (χ4n) is 4.95. The van der Waals surface area contributed by atoms with Crippen molar-refractivity contribution in [3.8, 4) is 11.5 Å². The zero-order chi connectivity index (χ0) is 21.7. The Morgan fingerprint density at radius 2 is 1.94 bits per heavy atom. The molecule has 0 saturated heterocycles. The number of rotatable bonds is 5.